The number of rotatable bonds is 6. The predicted octanol–water partition coefficient (Wildman–Crippen LogP) is 3.42. The van der Waals surface area contributed by atoms with E-state index >= 15 is 0 Å². The molecule has 7 nitrogen and oxygen atoms in total. The molecule has 1 N–H and O–H groups in total. The van der Waals surface area contributed by atoms with E-state index in [1.54, 1.807) is 0 Å². The van der Waals surface area contributed by atoms with Gasteiger partial charge in [-0.25, -0.2) is 0 Å². The van der Waals surface area contributed by atoms with Gasteiger partial charge >= 0.3 is 6.18 Å². The van der Waals surface area contributed by atoms with Crippen LogP contribution in [-0.2, 0) is 28.5 Å². The van der Waals surface area contributed by atoms with Crippen molar-refractivity contribution in [1.29, 1.82) is 0 Å². The summed E-state index contributed by atoms with van der Waals surface area (Å²) in [6.45, 7) is 3.17. The molecule has 6 rings (SSSR count). The maximum Gasteiger partial charge on any atom is 0.416 e. The highest BCUT2D eigenvalue weighted by Crippen LogP contribution is 2.39. The number of amides is 2. The van der Waals surface area contributed by atoms with Gasteiger partial charge in [-0.3, -0.25) is 19.5 Å². The third-order valence-electron chi connectivity index (χ3n) is 8.84. The Labute approximate surface area is 225 Å². The molecule has 3 unspecified atom stereocenters. The number of likely N-dealkylation sites (tertiary alicyclic amines) is 1. The predicted molar refractivity (Wildman–Crippen MR) is 137 cm³/mol. The zero-order chi connectivity index (χ0) is 27.1. The molecule has 2 fully saturated rings. The number of nitrogens with one attached hydrogen (secondary N) is 1. The van der Waals surface area contributed by atoms with Gasteiger partial charge in [0.15, 0.2) is 0 Å². The number of alkyl halides is 3. The molecule has 10 heteroatoms. The summed E-state index contributed by atoms with van der Waals surface area (Å²) in [5.41, 5.74) is 2.23. The highest BCUT2D eigenvalue weighted by Gasteiger charge is 2.41. The van der Waals surface area contributed by atoms with E-state index in [0.717, 1.165) is 57.5 Å². The SMILES string of the molecule is O=C(CN1CCc2ccc(C(F)(F)F)cc2C1=O)NC1CN(C2CCOC2)C[C@@H]1CC1CCc2cccnc21. The second-order valence-electron chi connectivity index (χ2n) is 11.3. The van der Waals surface area contributed by atoms with Crippen molar-refractivity contribution in [3.8, 4) is 0 Å². The van der Waals surface area contributed by atoms with Crippen LogP contribution in [0.4, 0.5) is 13.2 Å². The molecule has 1 aromatic carbocycles. The summed E-state index contributed by atoms with van der Waals surface area (Å²) in [6, 6.07) is 7.67. The fraction of sp³-hybridized carbons (Fsp3) is 0.552. The van der Waals surface area contributed by atoms with E-state index < -0.39 is 17.6 Å². The molecule has 0 saturated carbocycles. The first-order valence-corrected chi connectivity index (χ1v) is 13.8. The second kappa shape index (κ2) is 10.5. The first-order chi connectivity index (χ1) is 18.8. The van der Waals surface area contributed by atoms with Gasteiger partial charge in [-0.05, 0) is 67.3 Å². The van der Waals surface area contributed by atoms with Crippen LogP contribution >= 0.6 is 0 Å². The number of hydrogen-bond acceptors (Lipinski definition) is 5. The molecule has 1 aliphatic carbocycles. The van der Waals surface area contributed by atoms with Crippen LogP contribution in [0.25, 0.3) is 0 Å². The standard InChI is InChI=1S/C29H33F3N4O3/c30-29(31,32)22-6-5-18-7-10-35(28(38)24(18)13-22)16-26(37)34-25-15-36(23-8-11-39-17-23)14-21(25)12-20-4-3-19-2-1-9-33-27(19)20/h1-2,5-6,9,13,20-21,23,25H,3-4,7-8,10-12,14-17H2,(H,34,37)/t20?,21-,23?,25?/m0/s1. The van der Waals surface area contributed by atoms with Gasteiger partial charge in [-0.15, -0.1) is 0 Å². The lowest BCUT2D eigenvalue weighted by molar-refractivity contribution is -0.137. The Bertz CT molecular complexity index is 1250. The van der Waals surface area contributed by atoms with Gasteiger partial charge in [0.1, 0.15) is 0 Å². The highest BCUT2D eigenvalue weighted by atomic mass is 19.4. The average Bonchev–Trinajstić information content (AvgIpc) is 3.66. The molecule has 0 radical (unpaired) electrons. The zero-order valence-corrected chi connectivity index (χ0v) is 21.8. The van der Waals surface area contributed by atoms with Crippen molar-refractivity contribution in [2.75, 3.05) is 39.4 Å². The number of pyridine rings is 1. The minimum Gasteiger partial charge on any atom is -0.380 e. The molecule has 2 saturated heterocycles. The van der Waals surface area contributed by atoms with Crippen molar-refractivity contribution in [3.05, 3.63) is 64.5 Å². The Morgan fingerprint density at radius 2 is 2.00 bits per heavy atom. The van der Waals surface area contributed by atoms with Gasteiger partial charge < -0.3 is 15.0 Å². The normalized spacial score (nSPS) is 27.1. The highest BCUT2D eigenvalue weighted by molar-refractivity contribution is 5.99. The monoisotopic (exact) mass is 542 g/mol. The van der Waals surface area contributed by atoms with Crippen LogP contribution < -0.4 is 5.32 Å². The fourth-order valence-electron chi connectivity index (χ4n) is 6.78. The maximum absolute atomic E-state index is 13.2. The van der Waals surface area contributed by atoms with Crippen LogP contribution in [0.5, 0.6) is 0 Å². The van der Waals surface area contributed by atoms with Crippen LogP contribution in [0.15, 0.2) is 36.5 Å². The Hall–Kier alpha value is -2.98. The molecule has 2 amide bonds. The van der Waals surface area contributed by atoms with E-state index in [2.05, 4.69) is 21.3 Å². The minimum atomic E-state index is -4.53. The van der Waals surface area contributed by atoms with Crippen molar-refractivity contribution in [2.45, 2.75) is 56.3 Å². The third kappa shape index (κ3) is 5.41. The van der Waals surface area contributed by atoms with Crippen LogP contribution in [-0.4, -0.2) is 78.1 Å². The summed E-state index contributed by atoms with van der Waals surface area (Å²) in [5, 5.41) is 3.19. The topological polar surface area (TPSA) is 74.8 Å². The molecule has 0 bridgehead atoms. The molecule has 2 aromatic rings. The van der Waals surface area contributed by atoms with E-state index in [9.17, 15) is 22.8 Å². The van der Waals surface area contributed by atoms with E-state index in [1.807, 2.05) is 12.3 Å². The summed E-state index contributed by atoms with van der Waals surface area (Å²) >= 11 is 0. The number of benzene rings is 1. The van der Waals surface area contributed by atoms with Gasteiger partial charge in [0.05, 0.1) is 18.7 Å². The number of ether oxygens (including phenoxy) is 1. The molecule has 4 atom stereocenters. The van der Waals surface area contributed by atoms with Gasteiger partial charge in [-0.2, -0.15) is 13.2 Å². The summed E-state index contributed by atoms with van der Waals surface area (Å²) in [6.07, 6.45) is 1.71. The van der Waals surface area contributed by atoms with E-state index in [4.69, 9.17) is 4.74 Å². The molecule has 39 heavy (non-hydrogen) atoms. The smallest absolute Gasteiger partial charge is 0.380 e. The third-order valence-corrected chi connectivity index (χ3v) is 8.84. The van der Waals surface area contributed by atoms with Gasteiger partial charge in [-0.1, -0.05) is 12.1 Å². The lowest BCUT2D eigenvalue weighted by Crippen LogP contribution is -2.49. The van der Waals surface area contributed by atoms with Crippen molar-refractivity contribution in [2.24, 2.45) is 5.92 Å². The maximum atomic E-state index is 13.2. The summed E-state index contributed by atoms with van der Waals surface area (Å²) in [4.78, 5) is 34.7. The van der Waals surface area contributed by atoms with Gasteiger partial charge in [0, 0.05) is 61.7 Å². The van der Waals surface area contributed by atoms with Gasteiger partial charge in [0.25, 0.3) is 5.91 Å². The molecule has 208 valence electrons. The van der Waals surface area contributed by atoms with Crippen molar-refractivity contribution in [3.63, 3.8) is 0 Å². The first kappa shape index (κ1) is 26.3. The lowest BCUT2D eigenvalue weighted by Gasteiger charge is -2.30. The lowest BCUT2D eigenvalue weighted by atomic mass is 9.89. The molecule has 0 spiro atoms. The number of hydrogen-bond donors (Lipinski definition) is 1. The second-order valence-corrected chi connectivity index (χ2v) is 11.3. The van der Waals surface area contributed by atoms with E-state index in [0.29, 0.717) is 37.1 Å². The van der Waals surface area contributed by atoms with Crippen LogP contribution in [0.2, 0.25) is 0 Å². The molecule has 1 aromatic heterocycles. The van der Waals surface area contributed by atoms with Crippen molar-refractivity contribution >= 4 is 11.8 Å². The van der Waals surface area contributed by atoms with Gasteiger partial charge in [0.2, 0.25) is 5.91 Å². The number of carbonyl (C=O) groups excluding carboxylic acids is 2. The van der Waals surface area contributed by atoms with Crippen LogP contribution in [0.1, 0.15) is 57.9 Å². The van der Waals surface area contributed by atoms with Crippen molar-refractivity contribution < 1.29 is 27.5 Å². The number of carbonyl (C=O) groups is 2. The largest absolute Gasteiger partial charge is 0.416 e. The fourth-order valence-corrected chi connectivity index (χ4v) is 6.78. The number of aryl methyl sites for hydroxylation is 1. The molecule has 4 heterocycles. The number of halogens is 3. The zero-order valence-electron chi connectivity index (χ0n) is 21.8. The molecular weight excluding hydrogens is 509 g/mol. The number of aromatic nitrogens is 1. The summed E-state index contributed by atoms with van der Waals surface area (Å²) < 4.78 is 45.3. The Morgan fingerprint density at radius 3 is 2.79 bits per heavy atom. The van der Waals surface area contributed by atoms with E-state index in [-0.39, 0.29) is 30.0 Å². The Balaban J connectivity index is 1.13. The van der Waals surface area contributed by atoms with E-state index in [1.165, 1.54) is 22.2 Å². The minimum absolute atomic E-state index is 0.0300. The van der Waals surface area contributed by atoms with Crippen LogP contribution in [0.3, 0.4) is 0 Å². The molecule has 3 aliphatic heterocycles. The quantitative estimate of drug-likeness (QED) is 0.606. The Kier molecular flexibility index (Phi) is 7.09. The molecule has 4 aliphatic rings. The summed E-state index contributed by atoms with van der Waals surface area (Å²) in [7, 11) is 0. The first-order valence-electron chi connectivity index (χ1n) is 13.8. The molecular formula is C29H33F3N4O3. The number of fused-ring (bicyclic) bond motifs is 2. The van der Waals surface area contributed by atoms with Crippen molar-refractivity contribution in [1.82, 2.24) is 20.1 Å². The average molecular weight is 543 g/mol. The number of nitrogens with zero attached hydrogens (tertiary/aromatic N) is 3. The van der Waals surface area contributed by atoms with Crippen LogP contribution in [0, 0.1) is 5.92 Å². The Morgan fingerprint density at radius 1 is 1.13 bits per heavy atom. The summed E-state index contributed by atoms with van der Waals surface area (Å²) in [5.74, 6) is -0.213.